The van der Waals surface area contributed by atoms with E-state index in [1.807, 2.05) is 29.8 Å². The molecule has 4 rings (SSSR count). The number of benzene rings is 1. The van der Waals surface area contributed by atoms with E-state index in [0.29, 0.717) is 0 Å². The summed E-state index contributed by atoms with van der Waals surface area (Å²) in [5.41, 5.74) is 1.31. The molecule has 1 N–H and O–H groups in total. The van der Waals surface area contributed by atoms with Gasteiger partial charge in [0.25, 0.3) is 0 Å². The lowest BCUT2D eigenvalue weighted by Crippen LogP contribution is -2.45. The fourth-order valence-corrected chi connectivity index (χ4v) is 4.83. The Morgan fingerprint density at radius 1 is 1.21 bits per heavy atom. The van der Waals surface area contributed by atoms with Crippen LogP contribution in [0.15, 0.2) is 63.5 Å². The topological polar surface area (TPSA) is 67.3 Å². The third-order valence-electron chi connectivity index (χ3n) is 5.74. The van der Waals surface area contributed by atoms with E-state index < -0.39 is 0 Å². The Labute approximate surface area is 175 Å². The van der Waals surface area contributed by atoms with Gasteiger partial charge >= 0.3 is 0 Å². The van der Waals surface area contributed by atoms with Crippen molar-refractivity contribution >= 4 is 11.8 Å². The Hall–Kier alpha value is -2.09. The molecule has 1 saturated heterocycles. The molecule has 3 heterocycles. The summed E-state index contributed by atoms with van der Waals surface area (Å²) in [6, 6.07) is 14.6. The number of aliphatic hydroxyl groups is 1. The molecule has 29 heavy (non-hydrogen) atoms. The molecular formula is C22H28N4O2S. The van der Waals surface area contributed by atoms with Crippen LogP contribution in [-0.2, 0) is 20.0 Å². The molecule has 2 aromatic heterocycles. The second-order valence-corrected chi connectivity index (χ2v) is 8.98. The van der Waals surface area contributed by atoms with Crippen molar-refractivity contribution in [3.05, 3.63) is 60.1 Å². The number of hydrogen-bond acceptors (Lipinski definition) is 6. The van der Waals surface area contributed by atoms with Crippen LogP contribution in [0.2, 0.25) is 0 Å². The van der Waals surface area contributed by atoms with Crippen LogP contribution >= 0.6 is 11.8 Å². The largest absolute Gasteiger partial charge is 0.453 e. The molecule has 154 valence electrons. The number of aryl methyl sites for hydroxylation is 2. The minimum Gasteiger partial charge on any atom is -0.453 e. The van der Waals surface area contributed by atoms with Gasteiger partial charge in [-0.05, 0) is 61.7 Å². The maximum atomic E-state index is 10.2. The minimum absolute atomic E-state index is 0.0309. The molecule has 0 bridgehead atoms. The number of aromatic nitrogens is 3. The van der Waals surface area contributed by atoms with Gasteiger partial charge in [-0.2, -0.15) is 0 Å². The number of hydrogen-bond donors (Lipinski definition) is 1. The van der Waals surface area contributed by atoms with Gasteiger partial charge in [0.05, 0.1) is 6.54 Å². The van der Waals surface area contributed by atoms with Crippen molar-refractivity contribution in [1.82, 2.24) is 19.7 Å². The molecule has 1 aromatic carbocycles. The summed E-state index contributed by atoms with van der Waals surface area (Å²) in [4.78, 5) is 2.42. The molecule has 1 fully saturated rings. The van der Waals surface area contributed by atoms with Crippen LogP contribution in [0.1, 0.15) is 30.6 Å². The first-order chi connectivity index (χ1) is 14.2. The van der Waals surface area contributed by atoms with Crippen LogP contribution < -0.4 is 0 Å². The molecule has 7 heteroatoms. The van der Waals surface area contributed by atoms with Crippen molar-refractivity contribution < 1.29 is 9.52 Å². The summed E-state index contributed by atoms with van der Waals surface area (Å²) < 4.78 is 7.90. The number of rotatable bonds is 8. The lowest BCUT2D eigenvalue weighted by molar-refractivity contribution is 0.0195. The second kappa shape index (κ2) is 9.15. The summed E-state index contributed by atoms with van der Waals surface area (Å²) in [5, 5.41) is 19.8. The first-order valence-corrected chi connectivity index (χ1v) is 11.0. The van der Waals surface area contributed by atoms with Crippen LogP contribution in [0.4, 0.5) is 0 Å². The van der Waals surface area contributed by atoms with Crippen LogP contribution in [0.3, 0.4) is 0 Å². The number of furan rings is 1. The molecule has 0 spiro atoms. The average Bonchev–Trinajstić information content (AvgIpc) is 3.36. The summed E-state index contributed by atoms with van der Waals surface area (Å²) in [6.07, 6.45) is 5.89. The summed E-state index contributed by atoms with van der Waals surface area (Å²) in [5.74, 6) is 0.950. The van der Waals surface area contributed by atoms with E-state index in [9.17, 15) is 5.11 Å². The molecule has 1 atom stereocenters. The second-order valence-electron chi connectivity index (χ2n) is 8.01. The van der Waals surface area contributed by atoms with Crippen LogP contribution in [-0.4, -0.2) is 44.5 Å². The molecule has 0 unspecified atom stereocenters. The number of aliphatic hydroxyl groups excluding tert-OH is 1. The lowest BCUT2D eigenvalue weighted by atomic mass is 9.76. The van der Waals surface area contributed by atoms with Crippen molar-refractivity contribution in [1.29, 1.82) is 0 Å². The lowest BCUT2D eigenvalue weighted by Gasteiger charge is -2.41. The zero-order valence-electron chi connectivity index (χ0n) is 16.8. The van der Waals surface area contributed by atoms with Crippen molar-refractivity contribution in [3.8, 4) is 0 Å². The van der Waals surface area contributed by atoms with Crippen LogP contribution in [0.5, 0.6) is 0 Å². The third kappa shape index (κ3) is 5.10. The molecular weight excluding hydrogens is 384 g/mol. The van der Waals surface area contributed by atoms with Gasteiger partial charge in [0.15, 0.2) is 10.2 Å². The maximum absolute atomic E-state index is 10.2. The van der Waals surface area contributed by atoms with Gasteiger partial charge < -0.3 is 14.1 Å². The normalized spacial score (nSPS) is 20.2. The van der Waals surface area contributed by atoms with Crippen molar-refractivity contribution in [2.75, 3.05) is 19.7 Å². The molecule has 0 saturated carbocycles. The predicted molar refractivity (Wildman–Crippen MR) is 113 cm³/mol. The standard InChI is InChI=1S/C22H28N4O2S/c1-25-17-23-24-21(25)29-20-9-8-19(28-20)14-26-13-5-11-22(15-26,16-27)12-10-18-6-3-2-4-7-18/h2-4,6-9,17,27H,5,10-16H2,1H3/t22-/m1/s1. The van der Waals surface area contributed by atoms with E-state index in [2.05, 4.69) is 39.4 Å². The zero-order chi connectivity index (χ0) is 20.1. The molecule has 1 aliphatic heterocycles. The van der Waals surface area contributed by atoms with Gasteiger partial charge in [-0.25, -0.2) is 0 Å². The Bertz CT molecular complexity index is 910. The van der Waals surface area contributed by atoms with E-state index in [4.69, 9.17) is 4.42 Å². The Kier molecular flexibility index (Phi) is 6.37. The smallest absolute Gasteiger partial charge is 0.198 e. The van der Waals surface area contributed by atoms with Crippen LogP contribution in [0, 0.1) is 5.41 Å². The Morgan fingerprint density at radius 3 is 2.83 bits per heavy atom. The first kappa shape index (κ1) is 20.2. The van der Waals surface area contributed by atoms with Gasteiger partial charge in [0.1, 0.15) is 12.1 Å². The van der Waals surface area contributed by atoms with E-state index >= 15 is 0 Å². The summed E-state index contributed by atoms with van der Waals surface area (Å²) >= 11 is 1.48. The SMILES string of the molecule is Cn1cnnc1Sc1ccc(CN2CCC[C@@](CO)(CCc3ccccc3)C2)o1. The monoisotopic (exact) mass is 412 g/mol. The molecule has 0 amide bonds. The number of piperidine rings is 1. The van der Waals surface area contributed by atoms with Crippen molar-refractivity contribution in [2.24, 2.45) is 12.5 Å². The zero-order valence-corrected chi connectivity index (χ0v) is 17.6. The third-order valence-corrected chi connectivity index (χ3v) is 6.71. The Morgan fingerprint density at radius 2 is 2.07 bits per heavy atom. The molecule has 1 aliphatic rings. The number of nitrogens with zero attached hydrogens (tertiary/aromatic N) is 4. The highest BCUT2D eigenvalue weighted by Gasteiger charge is 2.34. The minimum atomic E-state index is -0.0309. The first-order valence-electron chi connectivity index (χ1n) is 10.1. The van der Waals surface area contributed by atoms with E-state index in [1.165, 1.54) is 17.3 Å². The highest BCUT2D eigenvalue weighted by Crippen LogP contribution is 2.35. The summed E-state index contributed by atoms with van der Waals surface area (Å²) in [7, 11) is 1.92. The average molecular weight is 413 g/mol. The van der Waals surface area contributed by atoms with E-state index in [1.54, 1.807) is 6.33 Å². The van der Waals surface area contributed by atoms with Gasteiger partial charge in [-0.1, -0.05) is 30.3 Å². The highest BCUT2D eigenvalue weighted by atomic mass is 32.2. The van der Waals surface area contributed by atoms with Crippen molar-refractivity contribution in [2.45, 2.75) is 42.5 Å². The van der Waals surface area contributed by atoms with Gasteiger partial charge in [0.2, 0.25) is 0 Å². The quantitative estimate of drug-likeness (QED) is 0.608. The molecule has 0 radical (unpaired) electrons. The van der Waals surface area contributed by atoms with Gasteiger partial charge in [-0.3, -0.25) is 4.90 Å². The molecule has 0 aliphatic carbocycles. The van der Waals surface area contributed by atoms with E-state index in [-0.39, 0.29) is 12.0 Å². The fourth-order valence-electron chi connectivity index (χ4n) is 4.08. The summed E-state index contributed by atoms with van der Waals surface area (Å²) in [6.45, 7) is 2.95. The van der Waals surface area contributed by atoms with Crippen LogP contribution in [0.25, 0.3) is 0 Å². The molecule has 6 nitrogen and oxygen atoms in total. The van der Waals surface area contributed by atoms with Gasteiger partial charge in [-0.15, -0.1) is 10.2 Å². The fraction of sp³-hybridized carbons (Fsp3) is 0.455. The maximum Gasteiger partial charge on any atom is 0.198 e. The highest BCUT2D eigenvalue weighted by molar-refractivity contribution is 7.99. The van der Waals surface area contributed by atoms with Crippen molar-refractivity contribution in [3.63, 3.8) is 0 Å². The van der Waals surface area contributed by atoms with E-state index in [0.717, 1.165) is 61.3 Å². The van der Waals surface area contributed by atoms with Gasteiger partial charge in [0, 0.05) is 25.6 Å². The Balaban J connectivity index is 1.36. The predicted octanol–water partition coefficient (Wildman–Crippen LogP) is 3.77. The number of likely N-dealkylation sites (tertiary alicyclic amines) is 1. The molecule has 3 aromatic rings.